The number of carbonyl (C=O) groups is 2. The number of H-pyrrole nitrogens is 1. The van der Waals surface area contributed by atoms with E-state index >= 15 is 0 Å². The number of rotatable bonds is 3. The minimum atomic E-state index is -0.430. The van der Waals surface area contributed by atoms with Gasteiger partial charge in [-0.3, -0.25) is 9.59 Å². The van der Waals surface area contributed by atoms with Crippen molar-refractivity contribution in [2.75, 3.05) is 12.4 Å². The van der Waals surface area contributed by atoms with Gasteiger partial charge in [-0.25, -0.2) is 0 Å². The number of benzene rings is 1. The summed E-state index contributed by atoms with van der Waals surface area (Å²) in [7, 11) is 1.53. The molecule has 1 aromatic carbocycles. The SMILES string of the molecule is CNC(=O)c1ccccc1NC(=O)c1cn[nH]n1. The summed E-state index contributed by atoms with van der Waals surface area (Å²) in [5.41, 5.74) is 0.961. The Labute approximate surface area is 103 Å². The summed E-state index contributed by atoms with van der Waals surface area (Å²) < 4.78 is 0. The van der Waals surface area contributed by atoms with Crippen LogP contribution in [-0.2, 0) is 0 Å². The van der Waals surface area contributed by atoms with Crippen molar-refractivity contribution in [3.05, 3.63) is 41.7 Å². The van der Waals surface area contributed by atoms with Gasteiger partial charge in [-0.05, 0) is 12.1 Å². The Morgan fingerprint density at radius 3 is 2.67 bits per heavy atom. The second kappa shape index (κ2) is 5.09. The van der Waals surface area contributed by atoms with Crippen LogP contribution in [0, 0.1) is 0 Å². The van der Waals surface area contributed by atoms with Crippen molar-refractivity contribution in [3.63, 3.8) is 0 Å². The zero-order chi connectivity index (χ0) is 13.0. The van der Waals surface area contributed by atoms with E-state index in [2.05, 4.69) is 26.0 Å². The zero-order valence-electron chi connectivity index (χ0n) is 9.60. The van der Waals surface area contributed by atoms with Gasteiger partial charge in [0.15, 0.2) is 5.69 Å². The first-order chi connectivity index (χ1) is 8.72. The van der Waals surface area contributed by atoms with E-state index in [0.29, 0.717) is 11.3 Å². The quantitative estimate of drug-likeness (QED) is 0.729. The summed E-state index contributed by atoms with van der Waals surface area (Å²) in [5, 5.41) is 14.7. The molecule has 2 aromatic rings. The Morgan fingerprint density at radius 2 is 2.00 bits per heavy atom. The monoisotopic (exact) mass is 245 g/mol. The normalized spacial score (nSPS) is 9.83. The first kappa shape index (κ1) is 11.8. The van der Waals surface area contributed by atoms with E-state index in [1.165, 1.54) is 13.2 Å². The number of carbonyl (C=O) groups excluding carboxylic acids is 2. The Morgan fingerprint density at radius 1 is 1.22 bits per heavy atom. The number of anilines is 1. The summed E-state index contributed by atoms with van der Waals surface area (Å²) >= 11 is 0. The van der Waals surface area contributed by atoms with Crippen molar-refractivity contribution in [1.29, 1.82) is 0 Å². The van der Waals surface area contributed by atoms with Crippen LogP contribution in [0.2, 0.25) is 0 Å². The fourth-order valence-corrected chi connectivity index (χ4v) is 1.42. The molecular weight excluding hydrogens is 234 g/mol. The van der Waals surface area contributed by atoms with Crippen LogP contribution in [-0.4, -0.2) is 34.3 Å². The molecule has 0 atom stereocenters. The van der Waals surface area contributed by atoms with Crippen molar-refractivity contribution in [1.82, 2.24) is 20.7 Å². The van der Waals surface area contributed by atoms with Crippen molar-refractivity contribution in [3.8, 4) is 0 Å². The number of hydrogen-bond acceptors (Lipinski definition) is 4. The topological polar surface area (TPSA) is 99.8 Å². The van der Waals surface area contributed by atoms with Crippen molar-refractivity contribution in [2.24, 2.45) is 0 Å². The van der Waals surface area contributed by atoms with Gasteiger partial charge in [-0.15, -0.1) is 0 Å². The van der Waals surface area contributed by atoms with Crippen LogP contribution in [0.4, 0.5) is 5.69 Å². The van der Waals surface area contributed by atoms with Gasteiger partial charge in [-0.1, -0.05) is 12.1 Å². The maximum atomic E-state index is 11.8. The molecule has 92 valence electrons. The molecular formula is C11H11N5O2. The summed E-state index contributed by atoms with van der Waals surface area (Å²) in [6, 6.07) is 6.71. The van der Waals surface area contributed by atoms with Crippen LogP contribution in [0.3, 0.4) is 0 Å². The smallest absolute Gasteiger partial charge is 0.277 e. The van der Waals surface area contributed by atoms with Crippen LogP contribution in [0.1, 0.15) is 20.8 Å². The lowest BCUT2D eigenvalue weighted by Crippen LogP contribution is -2.21. The molecule has 0 unspecified atom stereocenters. The van der Waals surface area contributed by atoms with E-state index in [9.17, 15) is 9.59 Å². The second-order valence-electron chi connectivity index (χ2n) is 3.43. The standard InChI is InChI=1S/C11H11N5O2/c1-12-10(17)7-4-2-3-5-8(7)14-11(18)9-6-13-16-15-9/h2-6H,1H3,(H,12,17)(H,14,18)(H,13,15,16). The Kier molecular flexibility index (Phi) is 3.33. The third-order valence-electron chi connectivity index (χ3n) is 2.29. The van der Waals surface area contributed by atoms with Crippen LogP contribution >= 0.6 is 0 Å². The Hall–Kier alpha value is -2.70. The van der Waals surface area contributed by atoms with Gasteiger partial charge < -0.3 is 10.6 Å². The van der Waals surface area contributed by atoms with Gasteiger partial charge in [0.05, 0.1) is 17.4 Å². The molecule has 2 amide bonds. The Bertz CT molecular complexity index is 565. The van der Waals surface area contributed by atoms with Crippen LogP contribution < -0.4 is 10.6 Å². The minimum absolute atomic E-state index is 0.154. The second-order valence-corrected chi connectivity index (χ2v) is 3.43. The van der Waals surface area contributed by atoms with Crippen LogP contribution in [0.15, 0.2) is 30.5 Å². The molecule has 0 bridgehead atoms. The maximum Gasteiger partial charge on any atom is 0.277 e. The van der Waals surface area contributed by atoms with E-state index in [-0.39, 0.29) is 11.6 Å². The van der Waals surface area contributed by atoms with E-state index in [0.717, 1.165) is 0 Å². The van der Waals surface area contributed by atoms with Crippen molar-refractivity contribution in [2.45, 2.75) is 0 Å². The van der Waals surface area contributed by atoms with Crippen LogP contribution in [0.25, 0.3) is 0 Å². The summed E-state index contributed by atoms with van der Waals surface area (Å²) in [6.07, 6.45) is 1.30. The van der Waals surface area contributed by atoms with Crippen LogP contribution in [0.5, 0.6) is 0 Å². The first-order valence-corrected chi connectivity index (χ1v) is 5.20. The average molecular weight is 245 g/mol. The van der Waals surface area contributed by atoms with E-state index < -0.39 is 5.91 Å². The number of aromatic nitrogens is 3. The lowest BCUT2D eigenvalue weighted by Gasteiger charge is -2.08. The lowest BCUT2D eigenvalue weighted by atomic mass is 10.1. The number of nitrogens with zero attached hydrogens (tertiary/aromatic N) is 2. The molecule has 2 rings (SSSR count). The highest BCUT2D eigenvalue weighted by atomic mass is 16.2. The molecule has 7 nitrogen and oxygen atoms in total. The summed E-state index contributed by atoms with van der Waals surface area (Å²) in [4.78, 5) is 23.4. The third-order valence-corrected chi connectivity index (χ3v) is 2.29. The number of amides is 2. The highest BCUT2D eigenvalue weighted by molar-refractivity contribution is 6.07. The highest BCUT2D eigenvalue weighted by Gasteiger charge is 2.14. The van der Waals surface area contributed by atoms with E-state index in [1.54, 1.807) is 24.3 Å². The molecule has 0 spiro atoms. The third kappa shape index (κ3) is 2.34. The number of aromatic amines is 1. The maximum absolute atomic E-state index is 11.8. The van der Waals surface area contributed by atoms with E-state index in [4.69, 9.17) is 0 Å². The fourth-order valence-electron chi connectivity index (χ4n) is 1.42. The number of para-hydroxylation sites is 1. The number of nitrogens with one attached hydrogen (secondary N) is 3. The fraction of sp³-hybridized carbons (Fsp3) is 0.0909. The molecule has 1 heterocycles. The molecule has 18 heavy (non-hydrogen) atoms. The molecule has 0 saturated heterocycles. The molecule has 0 aliphatic carbocycles. The minimum Gasteiger partial charge on any atom is -0.355 e. The molecule has 3 N–H and O–H groups in total. The summed E-state index contributed by atoms with van der Waals surface area (Å²) in [6.45, 7) is 0. The molecule has 0 aliphatic heterocycles. The van der Waals surface area contributed by atoms with Gasteiger partial charge in [0, 0.05) is 7.05 Å². The van der Waals surface area contributed by atoms with Gasteiger partial charge in [-0.2, -0.15) is 15.4 Å². The predicted molar refractivity (Wildman–Crippen MR) is 64.2 cm³/mol. The molecule has 0 aliphatic rings. The van der Waals surface area contributed by atoms with Crippen molar-refractivity contribution >= 4 is 17.5 Å². The lowest BCUT2D eigenvalue weighted by molar-refractivity contribution is 0.0964. The van der Waals surface area contributed by atoms with E-state index in [1.807, 2.05) is 0 Å². The van der Waals surface area contributed by atoms with Gasteiger partial charge >= 0.3 is 0 Å². The molecule has 0 fully saturated rings. The van der Waals surface area contributed by atoms with Gasteiger partial charge in [0.2, 0.25) is 0 Å². The van der Waals surface area contributed by atoms with Gasteiger partial charge in [0.1, 0.15) is 0 Å². The first-order valence-electron chi connectivity index (χ1n) is 5.20. The van der Waals surface area contributed by atoms with Gasteiger partial charge in [0.25, 0.3) is 11.8 Å². The molecule has 1 aromatic heterocycles. The molecule has 7 heteroatoms. The Balaban J connectivity index is 2.24. The molecule has 0 radical (unpaired) electrons. The highest BCUT2D eigenvalue weighted by Crippen LogP contribution is 2.15. The summed E-state index contributed by atoms with van der Waals surface area (Å²) in [5.74, 6) is -0.703. The average Bonchev–Trinajstić information content (AvgIpc) is 2.92. The molecule has 0 saturated carbocycles. The number of hydrogen-bond donors (Lipinski definition) is 3. The van der Waals surface area contributed by atoms with Crippen molar-refractivity contribution < 1.29 is 9.59 Å². The largest absolute Gasteiger partial charge is 0.355 e. The zero-order valence-corrected chi connectivity index (χ0v) is 9.60. The predicted octanol–water partition coefficient (Wildman–Crippen LogP) is 0.417.